The highest BCUT2D eigenvalue weighted by molar-refractivity contribution is 7.98. The highest BCUT2D eigenvalue weighted by atomic mass is 32.2. The van der Waals surface area contributed by atoms with Gasteiger partial charge in [-0.2, -0.15) is 11.8 Å². The molecule has 1 heterocycles. The van der Waals surface area contributed by atoms with Gasteiger partial charge in [0.25, 0.3) is 0 Å². The lowest BCUT2D eigenvalue weighted by Gasteiger charge is -2.19. The van der Waals surface area contributed by atoms with Crippen molar-refractivity contribution < 1.29 is 14.3 Å². The van der Waals surface area contributed by atoms with E-state index in [2.05, 4.69) is 5.32 Å². The van der Waals surface area contributed by atoms with E-state index >= 15 is 0 Å². The van der Waals surface area contributed by atoms with Crippen LogP contribution in [0.15, 0.2) is 30.5 Å². The van der Waals surface area contributed by atoms with Crippen LogP contribution in [0, 0.1) is 0 Å². The van der Waals surface area contributed by atoms with Crippen molar-refractivity contribution in [1.82, 2.24) is 9.88 Å². The Morgan fingerprint density at radius 3 is 2.77 bits per heavy atom. The van der Waals surface area contributed by atoms with E-state index < -0.39 is 18.1 Å². The molecule has 0 aliphatic rings. The third kappa shape index (κ3) is 5.02. The van der Waals surface area contributed by atoms with E-state index in [-0.39, 0.29) is 12.5 Å². The van der Waals surface area contributed by atoms with Gasteiger partial charge in [-0.05, 0) is 37.0 Å². The Balaban J connectivity index is 2.19. The molecule has 142 valence electrons. The molecule has 0 aliphatic heterocycles. The molecule has 0 radical (unpaired) electrons. The lowest BCUT2D eigenvalue weighted by atomic mass is 10.0. The Kier molecular flexibility index (Phi) is 7.53. The molecule has 1 unspecified atom stereocenters. The normalized spacial score (nSPS) is 13.4. The van der Waals surface area contributed by atoms with E-state index in [4.69, 9.17) is 10.5 Å². The summed E-state index contributed by atoms with van der Waals surface area (Å²) in [5, 5.41) is 3.84. The largest absolute Gasteiger partial charge is 0.464 e. The van der Waals surface area contributed by atoms with Gasteiger partial charge in [0.05, 0.1) is 12.6 Å². The van der Waals surface area contributed by atoms with Gasteiger partial charge in [0.2, 0.25) is 5.91 Å². The molecule has 26 heavy (non-hydrogen) atoms. The number of para-hydroxylation sites is 1. The standard InChI is InChI=1S/C19H27N3O3S/c1-4-25-19(24)16(21-18(23)15(20)9-10-26-3)11-13-12-22(2)17-8-6-5-7-14(13)17/h5-8,12,15-16H,4,9-11,20H2,1-3H3,(H,21,23)/t15-,16?/m0/s1. The number of esters is 1. The van der Waals surface area contributed by atoms with Crippen molar-refractivity contribution in [2.45, 2.75) is 31.8 Å². The molecule has 0 spiro atoms. The van der Waals surface area contributed by atoms with Crippen LogP contribution in [-0.2, 0) is 27.8 Å². The monoisotopic (exact) mass is 377 g/mol. The first kappa shape index (κ1) is 20.3. The molecule has 2 atom stereocenters. The van der Waals surface area contributed by atoms with Crippen LogP contribution >= 0.6 is 11.8 Å². The molecular formula is C19H27N3O3S. The van der Waals surface area contributed by atoms with Gasteiger partial charge >= 0.3 is 5.97 Å². The first-order chi connectivity index (χ1) is 12.5. The first-order valence-corrected chi connectivity index (χ1v) is 10.1. The summed E-state index contributed by atoms with van der Waals surface area (Å²) >= 11 is 1.63. The molecule has 0 bridgehead atoms. The van der Waals surface area contributed by atoms with E-state index in [0.29, 0.717) is 12.8 Å². The maximum atomic E-state index is 12.4. The van der Waals surface area contributed by atoms with Crippen LogP contribution in [0.2, 0.25) is 0 Å². The fourth-order valence-electron chi connectivity index (χ4n) is 2.90. The molecule has 1 aromatic heterocycles. The number of fused-ring (bicyclic) bond motifs is 1. The molecule has 0 aliphatic carbocycles. The number of nitrogens with two attached hydrogens (primary N) is 1. The number of aryl methyl sites for hydroxylation is 1. The minimum atomic E-state index is -0.756. The van der Waals surface area contributed by atoms with Gasteiger partial charge in [-0.25, -0.2) is 4.79 Å². The molecule has 1 amide bonds. The van der Waals surface area contributed by atoms with Gasteiger partial charge in [0.1, 0.15) is 6.04 Å². The second-order valence-electron chi connectivity index (χ2n) is 6.19. The SMILES string of the molecule is CCOC(=O)C(Cc1cn(C)c2ccccc12)NC(=O)[C@@H](N)CCSC. The van der Waals surface area contributed by atoms with Crippen molar-refractivity contribution in [3.05, 3.63) is 36.0 Å². The fraction of sp³-hybridized carbons (Fsp3) is 0.474. The molecule has 1 aromatic carbocycles. The molecule has 0 saturated heterocycles. The predicted molar refractivity (Wildman–Crippen MR) is 106 cm³/mol. The molecular weight excluding hydrogens is 350 g/mol. The van der Waals surface area contributed by atoms with Crippen molar-refractivity contribution in [1.29, 1.82) is 0 Å². The van der Waals surface area contributed by atoms with Gasteiger partial charge in [-0.15, -0.1) is 0 Å². The van der Waals surface area contributed by atoms with E-state index in [9.17, 15) is 9.59 Å². The van der Waals surface area contributed by atoms with E-state index in [1.54, 1.807) is 18.7 Å². The minimum absolute atomic E-state index is 0.263. The smallest absolute Gasteiger partial charge is 0.328 e. The van der Waals surface area contributed by atoms with Crippen molar-refractivity contribution >= 4 is 34.5 Å². The molecule has 7 heteroatoms. The number of benzene rings is 1. The van der Waals surface area contributed by atoms with Gasteiger partial charge in [-0.1, -0.05) is 18.2 Å². The number of hydrogen-bond acceptors (Lipinski definition) is 5. The number of nitrogens with one attached hydrogen (secondary N) is 1. The Labute approximate surface area is 158 Å². The van der Waals surface area contributed by atoms with E-state index in [0.717, 1.165) is 22.2 Å². The highest BCUT2D eigenvalue weighted by Crippen LogP contribution is 2.22. The topological polar surface area (TPSA) is 86.3 Å². The number of carbonyl (C=O) groups is 2. The third-order valence-corrected chi connectivity index (χ3v) is 4.90. The van der Waals surface area contributed by atoms with Crippen LogP contribution in [0.4, 0.5) is 0 Å². The molecule has 6 nitrogen and oxygen atoms in total. The third-order valence-electron chi connectivity index (χ3n) is 4.26. The lowest BCUT2D eigenvalue weighted by molar-refractivity contribution is -0.147. The molecule has 2 rings (SSSR count). The Morgan fingerprint density at radius 2 is 2.08 bits per heavy atom. The van der Waals surface area contributed by atoms with Crippen LogP contribution in [-0.4, -0.2) is 47.1 Å². The van der Waals surface area contributed by atoms with Gasteiger partial charge in [-0.3, -0.25) is 4.79 Å². The van der Waals surface area contributed by atoms with Gasteiger partial charge in [0, 0.05) is 30.6 Å². The number of nitrogens with zero attached hydrogens (tertiary/aromatic N) is 1. The molecule has 0 saturated carbocycles. The van der Waals surface area contributed by atoms with Crippen LogP contribution in [0.5, 0.6) is 0 Å². The Bertz CT molecular complexity index is 760. The average Bonchev–Trinajstić information content (AvgIpc) is 2.95. The molecule has 0 fully saturated rings. The average molecular weight is 378 g/mol. The van der Waals surface area contributed by atoms with Crippen molar-refractivity contribution in [2.24, 2.45) is 12.8 Å². The highest BCUT2D eigenvalue weighted by Gasteiger charge is 2.26. The Morgan fingerprint density at radius 1 is 1.35 bits per heavy atom. The van der Waals surface area contributed by atoms with Gasteiger partial charge in [0.15, 0.2) is 0 Å². The number of hydrogen-bond donors (Lipinski definition) is 2. The summed E-state index contributed by atoms with van der Waals surface area (Å²) in [6.07, 6.45) is 4.88. The minimum Gasteiger partial charge on any atom is -0.464 e. The molecule has 2 aromatic rings. The summed E-state index contributed by atoms with van der Waals surface area (Å²) in [6, 6.07) is 6.58. The zero-order valence-electron chi connectivity index (χ0n) is 15.5. The lowest BCUT2D eigenvalue weighted by Crippen LogP contribution is -2.50. The predicted octanol–water partition coefficient (Wildman–Crippen LogP) is 1.85. The second-order valence-corrected chi connectivity index (χ2v) is 7.17. The van der Waals surface area contributed by atoms with Crippen molar-refractivity contribution in [2.75, 3.05) is 18.6 Å². The summed E-state index contributed by atoms with van der Waals surface area (Å²) in [5.41, 5.74) is 7.99. The van der Waals surface area contributed by atoms with Crippen LogP contribution in [0.25, 0.3) is 10.9 Å². The number of carbonyl (C=O) groups excluding carboxylic acids is 2. The van der Waals surface area contributed by atoms with Crippen LogP contribution in [0.1, 0.15) is 18.9 Å². The summed E-state index contributed by atoms with van der Waals surface area (Å²) in [5.74, 6) is 0.0327. The van der Waals surface area contributed by atoms with Gasteiger partial charge < -0.3 is 20.4 Å². The maximum absolute atomic E-state index is 12.4. The van der Waals surface area contributed by atoms with Crippen LogP contribution < -0.4 is 11.1 Å². The number of amides is 1. The zero-order valence-corrected chi connectivity index (χ0v) is 16.3. The molecule has 3 N–H and O–H groups in total. The Hall–Kier alpha value is -1.99. The summed E-state index contributed by atoms with van der Waals surface area (Å²) in [4.78, 5) is 24.7. The van der Waals surface area contributed by atoms with Crippen molar-refractivity contribution in [3.63, 3.8) is 0 Å². The quantitative estimate of drug-likeness (QED) is 0.651. The summed E-state index contributed by atoms with van der Waals surface area (Å²) < 4.78 is 7.16. The number of ether oxygens (including phenoxy) is 1. The first-order valence-electron chi connectivity index (χ1n) is 8.72. The fourth-order valence-corrected chi connectivity index (χ4v) is 3.39. The van der Waals surface area contributed by atoms with Crippen molar-refractivity contribution in [3.8, 4) is 0 Å². The number of aromatic nitrogens is 1. The summed E-state index contributed by atoms with van der Waals surface area (Å²) in [7, 11) is 1.96. The van der Waals surface area contributed by atoms with E-state index in [1.165, 1.54) is 0 Å². The van der Waals surface area contributed by atoms with Crippen LogP contribution in [0.3, 0.4) is 0 Å². The summed E-state index contributed by atoms with van der Waals surface area (Å²) in [6.45, 7) is 2.01. The maximum Gasteiger partial charge on any atom is 0.328 e. The number of thioether (sulfide) groups is 1. The second kappa shape index (κ2) is 9.64. The zero-order chi connectivity index (χ0) is 19.1. The number of rotatable bonds is 9. The van der Waals surface area contributed by atoms with E-state index in [1.807, 2.05) is 48.3 Å².